The lowest BCUT2D eigenvalue weighted by molar-refractivity contribution is 0.250. The lowest BCUT2D eigenvalue weighted by Crippen LogP contribution is -2.34. The zero-order chi connectivity index (χ0) is 15.5. The van der Waals surface area contributed by atoms with Gasteiger partial charge in [-0.1, -0.05) is 30.3 Å². The Kier molecular flexibility index (Phi) is 3.78. The van der Waals surface area contributed by atoms with Crippen molar-refractivity contribution in [2.75, 3.05) is 5.32 Å². The van der Waals surface area contributed by atoms with Crippen LogP contribution < -0.4 is 10.6 Å². The van der Waals surface area contributed by atoms with Crippen LogP contribution in [-0.4, -0.2) is 22.0 Å². The molecule has 112 valence electrons. The van der Waals surface area contributed by atoms with Crippen LogP contribution in [0.3, 0.4) is 0 Å². The Morgan fingerprint density at radius 3 is 2.64 bits per heavy atom. The minimum atomic E-state index is -0.211. The summed E-state index contributed by atoms with van der Waals surface area (Å²) in [5, 5.41) is 5.61. The maximum Gasteiger partial charge on any atom is 0.319 e. The van der Waals surface area contributed by atoms with Gasteiger partial charge in [-0.15, -0.1) is 0 Å². The Hall–Kier alpha value is -2.82. The minimum absolute atomic E-state index is 0.0977. The van der Waals surface area contributed by atoms with Gasteiger partial charge in [0, 0.05) is 17.3 Å². The van der Waals surface area contributed by atoms with Gasteiger partial charge in [0.2, 0.25) is 0 Å². The molecule has 3 aromatic rings. The van der Waals surface area contributed by atoms with Gasteiger partial charge in [0.1, 0.15) is 5.82 Å². The summed E-state index contributed by atoms with van der Waals surface area (Å²) in [6, 6.07) is 15.5. The SMILES string of the molecule is CC(C)NC(=O)Nc1ccc2nc(-c3ccccc3)[nH]c2c1. The highest BCUT2D eigenvalue weighted by Crippen LogP contribution is 2.22. The number of H-pyrrole nitrogens is 1. The van der Waals surface area contributed by atoms with E-state index in [1.54, 1.807) is 0 Å². The summed E-state index contributed by atoms with van der Waals surface area (Å²) in [6.07, 6.45) is 0. The molecule has 1 heterocycles. The third-order valence-electron chi connectivity index (χ3n) is 3.21. The van der Waals surface area contributed by atoms with Gasteiger partial charge in [-0.25, -0.2) is 9.78 Å². The molecule has 1 aromatic heterocycles. The number of urea groups is 1. The molecule has 22 heavy (non-hydrogen) atoms. The number of carbonyl (C=O) groups excluding carboxylic acids is 1. The van der Waals surface area contributed by atoms with E-state index in [9.17, 15) is 4.79 Å². The summed E-state index contributed by atoms with van der Waals surface area (Å²) in [5.74, 6) is 0.819. The van der Waals surface area contributed by atoms with Crippen molar-refractivity contribution in [2.24, 2.45) is 0 Å². The Balaban J connectivity index is 1.86. The number of amides is 2. The summed E-state index contributed by atoms with van der Waals surface area (Å²) in [7, 11) is 0. The topological polar surface area (TPSA) is 69.8 Å². The van der Waals surface area contributed by atoms with Crippen molar-refractivity contribution < 1.29 is 4.79 Å². The average molecular weight is 294 g/mol. The third kappa shape index (κ3) is 3.09. The molecule has 0 bridgehead atoms. The second-order valence-electron chi connectivity index (χ2n) is 5.44. The Morgan fingerprint density at radius 1 is 1.14 bits per heavy atom. The van der Waals surface area contributed by atoms with Crippen LogP contribution in [0.5, 0.6) is 0 Å². The fraction of sp³-hybridized carbons (Fsp3) is 0.176. The van der Waals surface area contributed by atoms with Crippen molar-refractivity contribution in [3.05, 3.63) is 48.5 Å². The van der Waals surface area contributed by atoms with Crippen molar-refractivity contribution in [3.8, 4) is 11.4 Å². The van der Waals surface area contributed by atoms with Crippen molar-refractivity contribution in [3.63, 3.8) is 0 Å². The highest BCUT2D eigenvalue weighted by atomic mass is 16.2. The zero-order valence-electron chi connectivity index (χ0n) is 12.6. The fourth-order valence-corrected chi connectivity index (χ4v) is 2.25. The highest BCUT2D eigenvalue weighted by Gasteiger charge is 2.07. The molecule has 5 heteroatoms. The standard InChI is InChI=1S/C17H18N4O/c1-11(2)18-17(22)19-13-8-9-14-15(10-13)21-16(20-14)12-6-4-3-5-7-12/h3-11H,1-2H3,(H,20,21)(H2,18,19,22). The van der Waals surface area contributed by atoms with E-state index in [0.717, 1.165) is 28.1 Å². The number of imidazole rings is 1. The number of benzene rings is 2. The van der Waals surface area contributed by atoms with Crippen molar-refractivity contribution in [1.29, 1.82) is 0 Å². The van der Waals surface area contributed by atoms with E-state index in [1.807, 2.05) is 62.4 Å². The van der Waals surface area contributed by atoms with Crippen LogP contribution in [0.15, 0.2) is 48.5 Å². The number of rotatable bonds is 3. The second-order valence-corrected chi connectivity index (χ2v) is 5.44. The molecule has 0 aliphatic heterocycles. The molecule has 0 spiro atoms. The third-order valence-corrected chi connectivity index (χ3v) is 3.21. The molecule has 0 saturated carbocycles. The number of aromatic amines is 1. The molecule has 0 saturated heterocycles. The molecule has 0 radical (unpaired) electrons. The fourth-order valence-electron chi connectivity index (χ4n) is 2.25. The molecule has 3 rings (SSSR count). The molecule has 0 aliphatic carbocycles. The van der Waals surface area contributed by atoms with Crippen LogP contribution in [0, 0.1) is 0 Å². The molecule has 0 atom stereocenters. The molecule has 2 aromatic carbocycles. The number of aromatic nitrogens is 2. The molecule has 0 unspecified atom stereocenters. The lowest BCUT2D eigenvalue weighted by atomic mass is 10.2. The summed E-state index contributed by atoms with van der Waals surface area (Å²) < 4.78 is 0. The average Bonchev–Trinajstić information content (AvgIpc) is 2.90. The Morgan fingerprint density at radius 2 is 1.91 bits per heavy atom. The van der Waals surface area contributed by atoms with Crippen LogP contribution in [0.4, 0.5) is 10.5 Å². The van der Waals surface area contributed by atoms with Crippen molar-refractivity contribution in [1.82, 2.24) is 15.3 Å². The zero-order valence-corrected chi connectivity index (χ0v) is 12.6. The van der Waals surface area contributed by atoms with Crippen LogP contribution in [0.2, 0.25) is 0 Å². The van der Waals surface area contributed by atoms with E-state index in [-0.39, 0.29) is 12.1 Å². The van der Waals surface area contributed by atoms with Crippen molar-refractivity contribution in [2.45, 2.75) is 19.9 Å². The summed E-state index contributed by atoms with van der Waals surface area (Å²) >= 11 is 0. The predicted molar refractivity (Wildman–Crippen MR) is 88.8 cm³/mol. The first kappa shape index (κ1) is 14.1. The van der Waals surface area contributed by atoms with Gasteiger partial charge in [-0.05, 0) is 32.0 Å². The quantitative estimate of drug-likeness (QED) is 0.688. The van der Waals surface area contributed by atoms with E-state index in [1.165, 1.54) is 0 Å². The summed E-state index contributed by atoms with van der Waals surface area (Å²) in [4.78, 5) is 19.6. The molecule has 0 aliphatic rings. The first-order chi connectivity index (χ1) is 10.6. The van der Waals surface area contributed by atoms with E-state index in [4.69, 9.17) is 0 Å². The normalized spacial score (nSPS) is 10.9. The summed E-state index contributed by atoms with van der Waals surface area (Å²) in [6.45, 7) is 3.84. The Bertz CT molecular complexity index is 793. The van der Waals surface area contributed by atoms with Gasteiger partial charge in [0.05, 0.1) is 11.0 Å². The van der Waals surface area contributed by atoms with Gasteiger partial charge < -0.3 is 15.6 Å². The van der Waals surface area contributed by atoms with Gasteiger partial charge in [0.25, 0.3) is 0 Å². The highest BCUT2D eigenvalue weighted by molar-refractivity contribution is 5.92. The molecular weight excluding hydrogens is 276 g/mol. The van der Waals surface area contributed by atoms with E-state index >= 15 is 0 Å². The number of hydrogen-bond acceptors (Lipinski definition) is 2. The molecular formula is C17H18N4O. The van der Waals surface area contributed by atoms with Crippen molar-refractivity contribution >= 4 is 22.8 Å². The van der Waals surface area contributed by atoms with Gasteiger partial charge >= 0.3 is 6.03 Å². The second kappa shape index (κ2) is 5.89. The van der Waals surface area contributed by atoms with Gasteiger partial charge in [-0.3, -0.25) is 0 Å². The van der Waals surface area contributed by atoms with E-state index in [2.05, 4.69) is 20.6 Å². The van der Waals surface area contributed by atoms with Gasteiger partial charge in [0.15, 0.2) is 0 Å². The molecule has 3 N–H and O–H groups in total. The molecule has 2 amide bonds. The van der Waals surface area contributed by atoms with Gasteiger partial charge in [-0.2, -0.15) is 0 Å². The number of carbonyl (C=O) groups is 1. The number of nitrogens with one attached hydrogen (secondary N) is 3. The van der Waals surface area contributed by atoms with E-state index in [0.29, 0.717) is 0 Å². The Labute approximate surface area is 128 Å². The first-order valence-electron chi connectivity index (χ1n) is 7.24. The maximum atomic E-state index is 11.7. The largest absolute Gasteiger partial charge is 0.338 e. The minimum Gasteiger partial charge on any atom is -0.338 e. The molecule has 5 nitrogen and oxygen atoms in total. The van der Waals surface area contributed by atoms with Crippen LogP contribution in [-0.2, 0) is 0 Å². The maximum absolute atomic E-state index is 11.7. The summed E-state index contributed by atoms with van der Waals surface area (Å²) in [5.41, 5.74) is 3.52. The van der Waals surface area contributed by atoms with E-state index < -0.39 is 0 Å². The molecule has 0 fully saturated rings. The predicted octanol–water partition coefficient (Wildman–Crippen LogP) is 3.76. The number of anilines is 1. The van der Waals surface area contributed by atoms with Crippen LogP contribution >= 0.6 is 0 Å². The smallest absolute Gasteiger partial charge is 0.319 e. The van der Waals surface area contributed by atoms with Crippen LogP contribution in [0.25, 0.3) is 22.4 Å². The van der Waals surface area contributed by atoms with Crippen LogP contribution in [0.1, 0.15) is 13.8 Å². The monoisotopic (exact) mass is 294 g/mol. The first-order valence-corrected chi connectivity index (χ1v) is 7.24. The number of nitrogens with zero attached hydrogens (tertiary/aromatic N) is 1. The number of hydrogen-bond donors (Lipinski definition) is 3. The number of fused-ring (bicyclic) bond motifs is 1. The lowest BCUT2D eigenvalue weighted by Gasteiger charge is -2.09.